The van der Waals surface area contributed by atoms with Gasteiger partial charge in [0.2, 0.25) is 0 Å². The van der Waals surface area contributed by atoms with Gasteiger partial charge in [-0.3, -0.25) is 4.79 Å². The Morgan fingerprint density at radius 1 is 1.15 bits per heavy atom. The van der Waals surface area contributed by atoms with Crippen molar-refractivity contribution in [2.75, 3.05) is 18.5 Å². The van der Waals surface area contributed by atoms with Crippen LogP contribution >= 0.6 is 11.3 Å². The minimum atomic E-state index is -0.220. The lowest BCUT2D eigenvalue weighted by atomic mass is 10.1. The fourth-order valence-corrected chi connectivity index (χ4v) is 3.44. The molecule has 4 rings (SSSR count). The molecule has 0 saturated heterocycles. The molecule has 1 amide bonds. The van der Waals surface area contributed by atoms with E-state index in [1.54, 1.807) is 35.7 Å². The number of thiazole rings is 1. The first-order valence-corrected chi connectivity index (χ1v) is 8.97. The van der Waals surface area contributed by atoms with E-state index in [-0.39, 0.29) is 12.5 Å². The van der Waals surface area contributed by atoms with E-state index in [9.17, 15) is 4.79 Å². The highest BCUT2D eigenvalue weighted by Gasteiger charge is 2.14. The van der Waals surface area contributed by atoms with Gasteiger partial charge in [0.1, 0.15) is 18.2 Å². The van der Waals surface area contributed by atoms with Crippen LogP contribution < -0.4 is 14.8 Å². The molecule has 1 aromatic heterocycles. The Morgan fingerprint density at radius 2 is 2.00 bits per heavy atom. The molecule has 7 heteroatoms. The number of aliphatic hydroxyl groups is 1. The molecule has 0 atom stereocenters. The Labute approximate surface area is 154 Å². The molecule has 2 heterocycles. The van der Waals surface area contributed by atoms with Gasteiger partial charge in [-0.15, -0.1) is 11.3 Å². The zero-order chi connectivity index (χ0) is 17.9. The number of amides is 1. The summed E-state index contributed by atoms with van der Waals surface area (Å²) >= 11 is 1.43. The van der Waals surface area contributed by atoms with Gasteiger partial charge in [0, 0.05) is 28.3 Å². The van der Waals surface area contributed by atoms with Crippen LogP contribution in [0.25, 0.3) is 10.6 Å². The summed E-state index contributed by atoms with van der Waals surface area (Å²) in [6.45, 7) is 0.928. The molecular formula is C19H16N2O4S. The summed E-state index contributed by atoms with van der Waals surface area (Å²) in [5, 5.41) is 14.6. The molecule has 0 saturated carbocycles. The lowest BCUT2D eigenvalue weighted by molar-refractivity contribution is 0.102. The van der Waals surface area contributed by atoms with Crippen molar-refractivity contribution in [3.8, 4) is 22.1 Å². The fraction of sp³-hybridized carbons (Fsp3) is 0.158. The molecule has 2 N–H and O–H groups in total. The molecule has 0 spiro atoms. The maximum absolute atomic E-state index is 12.6. The number of hydrogen-bond acceptors (Lipinski definition) is 6. The summed E-state index contributed by atoms with van der Waals surface area (Å²) in [6, 6.07) is 12.6. The van der Waals surface area contributed by atoms with Gasteiger partial charge < -0.3 is 19.9 Å². The maximum Gasteiger partial charge on any atom is 0.255 e. The molecule has 0 fully saturated rings. The zero-order valence-electron chi connectivity index (χ0n) is 13.8. The van der Waals surface area contributed by atoms with Crippen LogP contribution in [-0.4, -0.2) is 29.2 Å². The highest BCUT2D eigenvalue weighted by Crippen LogP contribution is 2.33. The number of hydrogen-bond donors (Lipinski definition) is 2. The van der Waals surface area contributed by atoms with Gasteiger partial charge in [0.25, 0.3) is 5.91 Å². The quantitative estimate of drug-likeness (QED) is 0.738. The summed E-state index contributed by atoms with van der Waals surface area (Å²) in [6.07, 6.45) is 0. The van der Waals surface area contributed by atoms with Crippen molar-refractivity contribution in [2.24, 2.45) is 0 Å². The van der Waals surface area contributed by atoms with E-state index in [0.717, 1.165) is 10.6 Å². The van der Waals surface area contributed by atoms with Crippen LogP contribution in [0.15, 0.2) is 47.8 Å². The Kier molecular flexibility index (Phi) is 4.55. The smallest absolute Gasteiger partial charge is 0.255 e. The number of anilines is 1. The number of rotatable bonds is 4. The molecule has 1 aliphatic heterocycles. The molecule has 0 unspecified atom stereocenters. The first-order chi connectivity index (χ1) is 12.7. The van der Waals surface area contributed by atoms with E-state index in [0.29, 0.717) is 41.7 Å². The third-order valence-electron chi connectivity index (χ3n) is 3.89. The second-order valence-corrected chi connectivity index (χ2v) is 6.55. The van der Waals surface area contributed by atoms with Crippen molar-refractivity contribution < 1.29 is 19.4 Å². The second-order valence-electron chi connectivity index (χ2n) is 5.70. The standard InChI is InChI=1S/C19H16N2O4S/c22-10-15-11-26-19(21-15)13-3-1-2-12(8-13)18(23)20-14-4-5-16-17(9-14)25-7-6-24-16/h1-5,8-9,11,22H,6-7,10H2,(H,20,23). The average molecular weight is 368 g/mol. The number of benzene rings is 2. The summed E-state index contributed by atoms with van der Waals surface area (Å²) in [5.41, 5.74) is 2.63. The summed E-state index contributed by atoms with van der Waals surface area (Å²) in [4.78, 5) is 16.9. The number of carbonyl (C=O) groups excluding carboxylic acids is 1. The normalized spacial score (nSPS) is 12.7. The van der Waals surface area contributed by atoms with E-state index in [1.807, 2.05) is 12.1 Å². The molecule has 26 heavy (non-hydrogen) atoms. The Morgan fingerprint density at radius 3 is 2.81 bits per heavy atom. The predicted molar refractivity (Wildman–Crippen MR) is 98.9 cm³/mol. The Hall–Kier alpha value is -2.90. The first kappa shape index (κ1) is 16.6. The molecule has 132 valence electrons. The predicted octanol–water partition coefficient (Wildman–Crippen LogP) is 3.33. The van der Waals surface area contributed by atoms with Gasteiger partial charge in [-0.1, -0.05) is 12.1 Å². The molecule has 0 aliphatic carbocycles. The van der Waals surface area contributed by atoms with Crippen LogP contribution in [-0.2, 0) is 6.61 Å². The van der Waals surface area contributed by atoms with Crippen LogP contribution in [0.2, 0.25) is 0 Å². The number of nitrogens with one attached hydrogen (secondary N) is 1. The van der Waals surface area contributed by atoms with Gasteiger partial charge in [0.05, 0.1) is 12.3 Å². The van der Waals surface area contributed by atoms with Crippen LogP contribution in [0.5, 0.6) is 11.5 Å². The third-order valence-corrected chi connectivity index (χ3v) is 4.83. The molecular weight excluding hydrogens is 352 g/mol. The monoisotopic (exact) mass is 368 g/mol. The number of fused-ring (bicyclic) bond motifs is 1. The van der Waals surface area contributed by atoms with Crippen LogP contribution in [0.1, 0.15) is 16.1 Å². The minimum Gasteiger partial charge on any atom is -0.486 e. The fourth-order valence-electron chi connectivity index (χ4n) is 2.63. The van der Waals surface area contributed by atoms with Crippen molar-refractivity contribution in [1.29, 1.82) is 0 Å². The van der Waals surface area contributed by atoms with Gasteiger partial charge in [-0.25, -0.2) is 4.98 Å². The first-order valence-electron chi connectivity index (χ1n) is 8.09. The van der Waals surface area contributed by atoms with Gasteiger partial charge in [-0.2, -0.15) is 0 Å². The molecule has 6 nitrogen and oxygen atoms in total. The van der Waals surface area contributed by atoms with Crippen LogP contribution in [0, 0.1) is 0 Å². The van der Waals surface area contributed by atoms with E-state index in [1.165, 1.54) is 11.3 Å². The largest absolute Gasteiger partial charge is 0.486 e. The molecule has 2 aromatic carbocycles. The molecule has 1 aliphatic rings. The third kappa shape index (κ3) is 3.40. The van der Waals surface area contributed by atoms with E-state index < -0.39 is 0 Å². The van der Waals surface area contributed by atoms with Crippen molar-refractivity contribution in [3.05, 3.63) is 59.1 Å². The number of aromatic nitrogens is 1. The van der Waals surface area contributed by atoms with Crippen LogP contribution in [0.3, 0.4) is 0 Å². The minimum absolute atomic E-state index is 0.0964. The number of carbonyl (C=O) groups is 1. The summed E-state index contributed by atoms with van der Waals surface area (Å²) < 4.78 is 11.0. The number of ether oxygens (including phenoxy) is 2. The molecule has 0 bridgehead atoms. The van der Waals surface area contributed by atoms with Crippen molar-refractivity contribution >= 4 is 22.9 Å². The van der Waals surface area contributed by atoms with E-state index in [2.05, 4.69) is 10.3 Å². The second kappa shape index (κ2) is 7.15. The maximum atomic E-state index is 12.6. The SMILES string of the molecule is O=C(Nc1ccc2c(c1)OCCO2)c1cccc(-c2nc(CO)cs2)c1. The Bertz CT molecular complexity index is 954. The molecule has 3 aromatic rings. The average Bonchev–Trinajstić information content (AvgIpc) is 3.17. The highest BCUT2D eigenvalue weighted by molar-refractivity contribution is 7.13. The van der Waals surface area contributed by atoms with E-state index >= 15 is 0 Å². The number of aliphatic hydroxyl groups excluding tert-OH is 1. The van der Waals surface area contributed by atoms with Gasteiger partial charge in [-0.05, 0) is 24.3 Å². The van der Waals surface area contributed by atoms with Crippen molar-refractivity contribution in [3.63, 3.8) is 0 Å². The number of nitrogens with zero attached hydrogens (tertiary/aromatic N) is 1. The van der Waals surface area contributed by atoms with Gasteiger partial charge in [0.15, 0.2) is 11.5 Å². The summed E-state index contributed by atoms with van der Waals surface area (Å²) in [5.74, 6) is 1.09. The lowest BCUT2D eigenvalue weighted by Crippen LogP contribution is -2.16. The van der Waals surface area contributed by atoms with Crippen molar-refractivity contribution in [2.45, 2.75) is 6.61 Å². The Balaban J connectivity index is 1.54. The topological polar surface area (TPSA) is 80.7 Å². The lowest BCUT2D eigenvalue weighted by Gasteiger charge is -2.19. The van der Waals surface area contributed by atoms with Crippen molar-refractivity contribution in [1.82, 2.24) is 4.98 Å². The van der Waals surface area contributed by atoms with E-state index in [4.69, 9.17) is 14.6 Å². The zero-order valence-corrected chi connectivity index (χ0v) is 14.6. The van der Waals surface area contributed by atoms with Crippen LogP contribution in [0.4, 0.5) is 5.69 Å². The molecule has 0 radical (unpaired) electrons. The summed E-state index contributed by atoms with van der Waals surface area (Å²) in [7, 11) is 0. The van der Waals surface area contributed by atoms with Gasteiger partial charge >= 0.3 is 0 Å². The highest BCUT2D eigenvalue weighted by atomic mass is 32.1.